The van der Waals surface area contributed by atoms with Gasteiger partial charge in [0.1, 0.15) is 5.75 Å². The molecule has 0 unspecified atom stereocenters. The van der Waals surface area contributed by atoms with Gasteiger partial charge in [-0.3, -0.25) is 5.43 Å². The van der Waals surface area contributed by atoms with Crippen LogP contribution >= 0.6 is 0 Å². The van der Waals surface area contributed by atoms with E-state index in [9.17, 15) is 0 Å². The molecule has 1 fully saturated rings. The van der Waals surface area contributed by atoms with Crippen molar-refractivity contribution in [3.8, 4) is 5.75 Å². The summed E-state index contributed by atoms with van der Waals surface area (Å²) in [5, 5.41) is 0. The maximum absolute atomic E-state index is 5.50. The van der Waals surface area contributed by atoms with Crippen molar-refractivity contribution in [3.63, 3.8) is 0 Å². The Morgan fingerprint density at radius 2 is 2.06 bits per heavy atom. The first kappa shape index (κ1) is 11.7. The van der Waals surface area contributed by atoms with Crippen molar-refractivity contribution in [2.45, 2.75) is 18.9 Å². The number of aliphatic imine (C=N–C) groups is 1. The molecular weight excluding hydrogens is 216 g/mol. The highest BCUT2D eigenvalue weighted by Gasteiger charge is 2.22. The number of guanidine groups is 1. The zero-order valence-corrected chi connectivity index (χ0v) is 10.2. The van der Waals surface area contributed by atoms with E-state index in [1.807, 2.05) is 36.2 Å². The zero-order chi connectivity index (χ0) is 12.3. The number of benzene rings is 1. The molecule has 17 heavy (non-hydrogen) atoms. The van der Waals surface area contributed by atoms with Crippen LogP contribution in [0.15, 0.2) is 29.3 Å². The first-order chi connectivity index (χ1) is 8.24. The van der Waals surface area contributed by atoms with Crippen LogP contribution in [0.2, 0.25) is 0 Å². The maximum Gasteiger partial charge on any atom is 0.212 e. The number of hydrazine groups is 1. The fourth-order valence-corrected chi connectivity index (χ4v) is 1.53. The molecule has 0 spiro atoms. The molecule has 92 valence electrons. The molecule has 2 rings (SSSR count). The predicted molar refractivity (Wildman–Crippen MR) is 69.2 cm³/mol. The fraction of sp³-hybridized carbons (Fsp3) is 0.417. The fourth-order valence-electron chi connectivity index (χ4n) is 1.53. The van der Waals surface area contributed by atoms with E-state index >= 15 is 0 Å². The molecule has 5 nitrogen and oxygen atoms in total. The summed E-state index contributed by atoms with van der Waals surface area (Å²) in [7, 11) is 3.59. The van der Waals surface area contributed by atoms with E-state index in [2.05, 4.69) is 10.4 Å². The predicted octanol–water partition coefficient (Wildman–Crippen LogP) is 1.11. The third-order valence-electron chi connectivity index (χ3n) is 2.76. The highest BCUT2D eigenvalue weighted by molar-refractivity contribution is 5.95. The Bertz CT molecular complexity index is 397. The summed E-state index contributed by atoms with van der Waals surface area (Å²) in [6.45, 7) is 0. The molecule has 0 amide bonds. The normalized spacial score (nSPS) is 15.6. The van der Waals surface area contributed by atoms with E-state index in [-0.39, 0.29) is 0 Å². The number of hydrogen-bond donors (Lipinski definition) is 2. The van der Waals surface area contributed by atoms with Crippen molar-refractivity contribution < 1.29 is 4.74 Å². The van der Waals surface area contributed by atoms with E-state index in [1.165, 1.54) is 0 Å². The average molecular weight is 234 g/mol. The quantitative estimate of drug-likeness (QED) is 0.356. The van der Waals surface area contributed by atoms with Crippen LogP contribution in [0.1, 0.15) is 12.8 Å². The summed E-state index contributed by atoms with van der Waals surface area (Å²) in [5.41, 5.74) is 3.66. The number of nitrogens with two attached hydrogens (primary N) is 1. The van der Waals surface area contributed by atoms with E-state index in [1.54, 1.807) is 7.11 Å². The molecule has 1 aliphatic rings. The lowest BCUT2D eigenvalue weighted by Crippen LogP contribution is -2.43. The molecule has 0 saturated heterocycles. The summed E-state index contributed by atoms with van der Waals surface area (Å²) in [6.07, 6.45) is 2.31. The largest absolute Gasteiger partial charge is 0.497 e. The van der Waals surface area contributed by atoms with Gasteiger partial charge >= 0.3 is 0 Å². The van der Waals surface area contributed by atoms with Gasteiger partial charge in [0.2, 0.25) is 5.96 Å². The zero-order valence-electron chi connectivity index (χ0n) is 10.2. The molecular formula is C12H18N4O. The Labute approximate surface area is 101 Å². The molecule has 0 aromatic heterocycles. The third-order valence-corrected chi connectivity index (χ3v) is 2.76. The van der Waals surface area contributed by atoms with Gasteiger partial charge in [-0.05, 0) is 37.1 Å². The molecule has 0 aliphatic heterocycles. The van der Waals surface area contributed by atoms with Gasteiger partial charge in [0.25, 0.3) is 0 Å². The summed E-state index contributed by atoms with van der Waals surface area (Å²) in [4.78, 5) is 6.43. The van der Waals surface area contributed by atoms with E-state index < -0.39 is 0 Å². The Hall–Kier alpha value is -1.75. The second-order valence-corrected chi connectivity index (χ2v) is 4.09. The lowest BCUT2D eigenvalue weighted by molar-refractivity contribution is 0.415. The van der Waals surface area contributed by atoms with Gasteiger partial charge in [-0.25, -0.2) is 10.8 Å². The standard InChI is InChI=1S/C12H18N4O/c1-16(12(15-13)14-9-3-4-9)10-5-7-11(17-2)8-6-10/h5-9H,3-4,13H2,1-2H3,(H,14,15). The molecule has 0 atom stereocenters. The molecule has 0 radical (unpaired) electrons. The van der Waals surface area contributed by atoms with Crippen molar-refractivity contribution >= 4 is 11.6 Å². The van der Waals surface area contributed by atoms with Gasteiger partial charge in [-0.2, -0.15) is 0 Å². The minimum Gasteiger partial charge on any atom is -0.497 e. The monoisotopic (exact) mass is 234 g/mol. The Morgan fingerprint density at radius 3 is 2.53 bits per heavy atom. The van der Waals surface area contributed by atoms with Crippen LogP contribution in [-0.2, 0) is 0 Å². The van der Waals surface area contributed by atoms with Crippen LogP contribution in [0.25, 0.3) is 0 Å². The van der Waals surface area contributed by atoms with E-state index in [4.69, 9.17) is 10.6 Å². The van der Waals surface area contributed by atoms with Crippen molar-refractivity contribution in [2.24, 2.45) is 10.8 Å². The van der Waals surface area contributed by atoms with E-state index in [0.29, 0.717) is 12.0 Å². The molecule has 1 aromatic carbocycles. The minimum atomic E-state index is 0.432. The number of nitrogens with zero attached hydrogens (tertiary/aromatic N) is 2. The second-order valence-electron chi connectivity index (χ2n) is 4.09. The highest BCUT2D eigenvalue weighted by Crippen LogP contribution is 2.24. The first-order valence-electron chi connectivity index (χ1n) is 5.67. The van der Waals surface area contributed by atoms with Gasteiger partial charge in [0.05, 0.1) is 13.2 Å². The van der Waals surface area contributed by atoms with Crippen molar-refractivity contribution in [1.82, 2.24) is 5.43 Å². The Morgan fingerprint density at radius 1 is 1.41 bits per heavy atom. The van der Waals surface area contributed by atoms with Gasteiger partial charge < -0.3 is 9.64 Å². The molecule has 1 aliphatic carbocycles. The lowest BCUT2D eigenvalue weighted by Gasteiger charge is -2.20. The van der Waals surface area contributed by atoms with Crippen LogP contribution < -0.4 is 20.9 Å². The van der Waals surface area contributed by atoms with Crippen LogP contribution in [0.3, 0.4) is 0 Å². The van der Waals surface area contributed by atoms with Crippen LogP contribution in [0.5, 0.6) is 5.75 Å². The van der Waals surface area contributed by atoms with E-state index in [0.717, 1.165) is 24.3 Å². The van der Waals surface area contributed by atoms with Crippen LogP contribution in [0.4, 0.5) is 5.69 Å². The number of hydrogen-bond acceptors (Lipinski definition) is 3. The number of rotatable bonds is 3. The SMILES string of the molecule is COc1ccc(N(C)C(=NC2CC2)NN)cc1. The van der Waals surface area contributed by atoms with Gasteiger partial charge in [0, 0.05) is 12.7 Å². The van der Waals surface area contributed by atoms with Crippen molar-refractivity contribution in [3.05, 3.63) is 24.3 Å². The molecule has 1 aromatic rings. The molecule has 5 heteroatoms. The minimum absolute atomic E-state index is 0.432. The number of methoxy groups -OCH3 is 1. The molecule has 0 heterocycles. The average Bonchev–Trinajstić information content (AvgIpc) is 3.19. The molecule has 3 N–H and O–H groups in total. The van der Waals surface area contributed by atoms with Crippen molar-refractivity contribution in [1.29, 1.82) is 0 Å². The summed E-state index contributed by atoms with van der Waals surface area (Å²) < 4.78 is 5.12. The summed E-state index contributed by atoms with van der Waals surface area (Å²) >= 11 is 0. The van der Waals surface area contributed by atoms with Gasteiger partial charge in [-0.15, -0.1) is 0 Å². The smallest absolute Gasteiger partial charge is 0.212 e. The van der Waals surface area contributed by atoms with Gasteiger partial charge in [0.15, 0.2) is 0 Å². The third kappa shape index (κ3) is 2.88. The summed E-state index contributed by atoms with van der Waals surface area (Å²) in [6, 6.07) is 8.20. The Kier molecular flexibility index (Phi) is 3.49. The number of ether oxygens (including phenoxy) is 1. The molecule has 0 bridgehead atoms. The van der Waals surface area contributed by atoms with Crippen molar-refractivity contribution in [2.75, 3.05) is 19.1 Å². The maximum atomic E-state index is 5.50. The van der Waals surface area contributed by atoms with Crippen LogP contribution in [-0.4, -0.2) is 26.2 Å². The van der Waals surface area contributed by atoms with Gasteiger partial charge in [-0.1, -0.05) is 0 Å². The second kappa shape index (κ2) is 5.05. The summed E-state index contributed by atoms with van der Waals surface area (Å²) in [5.74, 6) is 7.02. The first-order valence-corrected chi connectivity index (χ1v) is 5.67. The topological polar surface area (TPSA) is 62.9 Å². The van der Waals surface area contributed by atoms with Crippen LogP contribution in [0, 0.1) is 0 Å². The highest BCUT2D eigenvalue weighted by atomic mass is 16.5. The molecule has 1 saturated carbocycles. The number of nitrogens with one attached hydrogen (secondary N) is 1. The Balaban J connectivity index is 2.13. The number of anilines is 1. The lowest BCUT2D eigenvalue weighted by atomic mass is 10.3.